The maximum absolute atomic E-state index is 12.8. The number of hydrogen-bond acceptors (Lipinski definition) is 4. The Bertz CT molecular complexity index is 631. The van der Waals surface area contributed by atoms with Gasteiger partial charge in [-0.2, -0.15) is 0 Å². The highest BCUT2D eigenvalue weighted by molar-refractivity contribution is 5.85. The molecule has 0 radical (unpaired) electrons. The lowest BCUT2D eigenvalue weighted by Gasteiger charge is -2.34. The van der Waals surface area contributed by atoms with Gasteiger partial charge in [0.05, 0.1) is 13.0 Å². The summed E-state index contributed by atoms with van der Waals surface area (Å²) in [6.45, 7) is 4.56. The highest BCUT2D eigenvalue weighted by atomic mass is 16.5. The third kappa shape index (κ3) is 3.70. The highest BCUT2D eigenvalue weighted by Gasteiger charge is 2.56. The van der Waals surface area contributed by atoms with E-state index >= 15 is 0 Å². The summed E-state index contributed by atoms with van der Waals surface area (Å²) in [6.07, 6.45) is 2.67. The van der Waals surface area contributed by atoms with E-state index in [9.17, 15) is 14.7 Å². The minimum atomic E-state index is -1.03. The van der Waals surface area contributed by atoms with Crippen LogP contribution in [-0.4, -0.2) is 48.1 Å². The highest BCUT2D eigenvalue weighted by Crippen LogP contribution is 2.47. The fraction of sp³-hybridized carbons (Fsp3) is 0.600. The maximum Gasteiger partial charge on any atom is 0.324 e. The van der Waals surface area contributed by atoms with Crippen LogP contribution in [-0.2, 0) is 9.59 Å². The number of likely N-dealkylation sites (tertiary alicyclic amines) is 1. The van der Waals surface area contributed by atoms with E-state index in [1.807, 2.05) is 43.1 Å². The van der Waals surface area contributed by atoms with Crippen molar-refractivity contribution in [3.05, 3.63) is 29.8 Å². The molecular formula is C20H30N2O4. The molecule has 1 saturated heterocycles. The largest absolute Gasteiger partial charge is 0.497 e. The zero-order valence-electron chi connectivity index (χ0n) is 16.1. The average Bonchev–Trinajstić information content (AvgIpc) is 2.95. The van der Waals surface area contributed by atoms with Crippen molar-refractivity contribution in [1.29, 1.82) is 0 Å². The average molecular weight is 362 g/mol. The molecule has 0 bridgehead atoms. The number of nitrogens with zero attached hydrogens (tertiary/aromatic N) is 1. The van der Waals surface area contributed by atoms with Gasteiger partial charge in [0, 0.05) is 12.6 Å². The summed E-state index contributed by atoms with van der Waals surface area (Å²) in [6, 6.07) is 7.25. The Morgan fingerprint density at radius 1 is 1.31 bits per heavy atom. The van der Waals surface area contributed by atoms with Gasteiger partial charge in [0.1, 0.15) is 11.3 Å². The minimum absolute atomic E-state index is 0.0670. The van der Waals surface area contributed by atoms with Crippen LogP contribution >= 0.6 is 0 Å². The number of rotatable bonds is 8. The molecular weight excluding hydrogens is 332 g/mol. The quantitative estimate of drug-likeness (QED) is 0.695. The van der Waals surface area contributed by atoms with Gasteiger partial charge < -0.3 is 15.2 Å². The van der Waals surface area contributed by atoms with Crippen molar-refractivity contribution >= 4 is 11.9 Å². The Hall–Kier alpha value is -2.08. The molecule has 26 heavy (non-hydrogen) atoms. The summed E-state index contributed by atoms with van der Waals surface area (Å²) in [4.78, 5) is 26.8. The van der Waals surface area contributed by atoms with Gasteiger partial charge in [-0.25, -0.2) is 0 Å². The van der Waals surface area contributed by atoms with E-state index in [4.69, 9.17) is 4.74 Å². The molecule has 1 heterocycles. The van der Waals surface area contributed by atoms with Crippen LogP contribution in [0.3, 0.4) is 0 Å². The summed E-state index contributed by atoms with van der Waals surface area (Å²) in [5, 5.41) is 12.9. The van der Waals surface area contributed by atoms with Crippen LogP contribution in [0.1, 0.15) is 51.1 Å². The number of aliphatic carboxylic acids is 1. The van der Waals surface area contributed by atoms with E-state index in [-0.39, 0.29) is 11.9 Å². The number of hydrogen-bond donors (Lipinski definition) is 2. The molecule has 0 aliphatic carbocycles. The van der Waals surface area contributed by atoms with Gasteiger partial charge in [-0.3, -0.25) is 14.5 Å². The maximum atomic E-state index is 12.8. The molecule has 1 aliphatic heterocycles. The molecule has 0 aromatic heterocycles. The smallest absolute Gasteiger partial charge is 0.324 e. The normalized spacial score (nSPS) is 25.8. The summed E-state index contributed by atoms with van der Waals surface area (Å²) in [7, 11) is 3.42. The van der Waals surface area contributed by atoms with Crippen LogP contribution in [0.2, 0.25) is 0 Å². The summed E-state index contributed by atoms with van der Waals surface area (Å²) in [5.74, 6) is -0.604. The number of carbonyl (C=O) groups excluding carboxylic acids is 1. The molecule has 6 nitrogen and oxygen atoms in total. The SMILES string of the molecule is CCCCNC(=O)[C@@H]1C[C@](CC)(C(=O)O)N(C)[C@@H]1c1ccc(OC)cc1. The Labute approximate surface area is 155 Å². The number of likely N-dealkylation sites (N-methyl/N-ethyl adjacent to an activating group) is 1. The predicted octanol–water partition coefficient (Wildman–Crippen LogP) is 2.84. The number of amides is 1. The summed E-state index contributed by atoms with van der Waals surface area (Å²) < 4.78 is 5.21. The van der Waals surface area contributed by atoms with Crippen molar-refractivity contribution < 1.29 is 19.4 Å². The topological polar surface area (TPSA) is 78.9 Å². The van der Waals surface area contributed by atoms with Gasteiger partial charge >= 0.3 is 5.97 Å². The molecule has 1 aromatic carbocycles. The number of carboxylic acid groups (broad SMARTS) is 1. The van der Waals surface area contributed by atoms with Crippen LogP contribution in [0.25, 0.3) is 0 Å². The zero-order chi connectivity index (χ0) is 19.3. The van der Waals surface area contributed by atoms with Crippen molar-refractivity contribution in [1.82, 2.24) is 10.2 Å². The first-order chi connectivity index (χ1) is 12.4. The van der Waals surface area contributed by atoms with E-state index < -0.39 is 17.4 Å². The van der Waals surface area contributed by atoms with E-state index in [0.717, 1.165) is 24.2 Å². The summed E-state index contributed by atoms with van der Waals surface area (Å²) >= 11 is 0. The number of methoxy groups -OCH3 is 1. The van der Waals surface area contributed by atoms with Crippen molar-refractivity contribution in [3.8, 4) is 5.75 Å². The Morgan fingerprint density at radius 3 is 2.46 bits per heavy atom. The second kappa shape index (κ2) is 8.54. The molecule has 0 saturated carbocycles. The second-order valence-corrected chi connectivity index (χ2v) is 6.97. The molecule has 6 heteroatoms. The van der Waals surface area contributed by atoms with Gasteiger partial charge in [0.15, 0.2) is 0 Å². The predicted molar refractivity (Wildman–Crippen MR) is 100 cm³/mol. The van der Waals surface area contributed by atoms with Crippen LogP contribution in [0, 0.1) is 5.92 Å². The zero-order valence-corrected chi connectivity index (χ0v) is 16.1. The van der Waals surface area contributed by atoms with Crippen LogP contribution < -0.4 is 10.1 Å². The summed E-state index contributed by atoms with van der Waals surface area (Å²) in [5.41, 5.74) is -0.0994. The first-order valence-electron chi connectivity index (χ1n) is 9.29. The van der Waals surface area contributed by atoms with Gasteiger partial charge in [-0.05, 0) is 44.0 Å². The lowest BCUT2D eigenvalue weighted by atomic mass is 9.87. The molecule has 1 aliphatic rings. The first kappa shape index (κ1) is 20.2. The molecule has 3 atom stereocenters. The standard InChI is InChI=1S/C20H30N2O4/c1-5-7-12-21-18(23)16-13-20(6-2,19(24)25)22(3)17(16)14-8-10-15(26-4)11-9-14/h8-11,16-17H,5-7,12-13H2,1-4H3,(H,21,23)(H,24,25)/t16-,17-,20-/m1/s1. The number of benzene rings is 1. The lowest BCUT2D eigenvalue weighted by molar-refractivity contribution is -0.150. The monoisotopic (exact) mass is 362 g/mol. The first-order valence-corrected chi connectivity index (χ1v) is 9.29. The van der Waals surface area contributed by atoms with Gasteiger partial charge in [-0.1, -0.05) is 32.4 Å². The van der Waals surface area contributed by atoms with Crippen molar-refractivity contribution in [3.63, 3.8) is 0 Å². The molecule has 144 valence electrons. The third-order valence-corrected chi connectivity index (χ3v) is 5.64. The molecule has 1 amide bonds. The van der Waals surface area contributed by atoms with E-state index in [1.165, 1.54) is 0 Å². The second-order valence-electron chi connectivity index (χ2n) is 6.97. The molecule has 1 fully saturated rings. The van der Waals surface area contributed by atoms with Gasteiger partial charge in [0.2, 0.25) is 5.91 Å². The van der Waals surface area contributed by atoms with Crippen LogP contribution in [0.15, 0.2) is 24.3 Å². The fourth-order valence-corrected chi connectivity index (χ4v) is 3.95. The van der Waals surface area contributed by atoms with Crippen LogP contribution in [0.4, 0.5) is 0 Å². The Balaban J connectivity index is 2.37. The Kier molecular flexibility index (Phi) is 6.64. The van der Waals surface area contributed by atoms with Crippen molar-refractivity contribution in [2.24, 2.45) is 5.92 Å². The number of carbonyl (C=O) groups is 2. The van der Waals surface area contributed by atoms with Crippen molar-refractivity contribution in [2.45, 2.75) is 51.1 Å². The molecule has 1 aromatic rings. The minimum Gasteiger partial charge on any atom is -0.497 e. The lowest BCUT2D eigenvalue weighted by Crippen LogP contribution is -2.48. The molecule has 2 N–H and O–H groups in total. The molecule has 0 spiro atoms. The molecule has 0 unspecified atom stereocenters. The number of nitrogens with one attached hydrogen (secondary N) is 1. The van der Waals surface area contributed by atoms with Crippen molar-refractivity contribution in [2.75, 3.05) is 20.7 Å². The van der Waals surface area contributed by atoms with E-state index in [2.05, 4.69) is 12.2 Å². The molecule has 2 rings (SSSR count). The van der Waals surface area contributed by atoms with E-state index in [1.54, 1.807) is 7.11 Å². The van der Waals surface area contributed by atoms with E-state index in [0.29, 0.717) is 19.4 Å². The number of unbranched alkanes of at least 4 members (excludes halogenated alkanes) is 1. The third-order valence-electron chi connectivity index (χ3n) is 5.64. The Morgan fingerprint density at radius 2 is 1.96 bits per heavy atom. The van der Waals surface area contributed by atoms with Crippen LogP contribution in [0.5, 0.6) is 5.75 Å². The van der Waals surface area contributed by atoms with Gasteiger partial charge in [-0.15, -0.1) is 0 Å². The van der Waals surface area contributed by atoms with Gasteiger partial charge in [0.25, 0.3) is 0 Å². The number of carboxylic acids is 1. The number of ether oxygens (including phenoxy) is 1. The fourth-order valence-electron chi connectivity index (χ4n) is 3.95.